The van der Waals surface area contributed by atoms with E-state index in [4.69, 9.17) is 4.74 Å². The number of carbonyl (C=O) groups excluding carboxylic acids is 1. The minimum absolute atomic E-state index is 0.00854. The Morgan fingerprint density at radius 3 is 2.52 bits per heavy atom. The van der Waals surface area contributed by atoms with Crippen molar-refractivity contribution in [1.82, 2.24) is 5.27 Å². The average molecular weight is 348 g/mol. The molecule has 1 aromatic heterocycles. The number of carbonyl (C=O) groups is 1. The second kappa shape index (κ2) is 6.56. The van der Waals surface area contributed by atoms with E-state index in [0.29, 0.717) is 11.4 Å². The van der Waals surface area contributed by atoms with Crippen LogP contribution in [0, 0.1) is 11.6 Å². The number of hydrogen-bond donors (Lipinski definition) is 2. The summed E-state index contributed by atoms with van der Waals surface area (Å²) < 4.78 is 37.0. The molecule has 0 aliphatic heterocycles. The third-order valence-corrected chi connectivity index (χ3v) is 3.37. The van der Waals surface area contributed by atoms with Crippen molar-refractivity contribution in [2.24, 2.45) is 0 Å². The molecule has 0 spiro atoms. The van der Waals surface area contributed by atoms with Gasteiger partial charge in [-0.25, -0.2) is 13.6 Å². The van der Waals surface area contributed by atoms with Gasteiger partial charge in [0.1, 0.15) is 5.75 Å². The van der Waals surface area contributed by atoms with E-state index in [9.17, 15) is 18.4 Å². The maximum absolute atomic E-state index is 13.2. The van der Waals surface area contributed by atoms with Crippen molar-refractivity contribution in [2.75, 3.05) is 12.4 Å². The number of nitrogens with one attached hydrogen (secondary N) is 2. The van der Waals surface area contributed by atoms with Crippen LogP contribution in [-0.2, 0) is 0 Å². The lowest BCUT2D eigenvalue weighted by Gasteiger charge is -2.02. The van der Waals surface area contributed by atoms with E-state index < -0.39 is 23.2 Å². The minimum Gasteiger partial charge on any atom is -0.497 e. The molecule has 0 aliphatic rings. The molecule has 0 radical (unpaired) electrons. The Morgan fingerprint density at radius 1 is 1.16 bits per heavy atom. The van der Waals surface area contributed by atoms with Gasteiger partial charge in [0.2, 0.25) is 5.69 Å². The first kappa shape index (κ1) is 16.4. The summed E-state index contributed by atoms with van der Waals surface area (Å²) in [6.07, 6.45) is 0. The molecule has 25 heavy (non-hydrogen) atoms. The first-order chi connectivity index (χ1) is 12.0. The van der Waals surface area contributed by atoms with Crippen molar-refractivity contribution < 1.29 is 27.5 Å². The van der Waals surface area contributed by atoms with Gasteiger partial charge >= 0.3 is 17.2 Å². The summed E-state index contributed by atoms with van der Waals surface area (Å²) in [5.74, 6) is -2.44. The molecular weight excluding hydrogens is 336 g/mol. The van der Waals surface area contributed by atoms with Gasteiger partial charge < -0.3 is 10.1 Å². The molecule has 0 fully saturated rings. The van der Waals surface area contributed by atoms with Crippen LogP contribution in [0.2, 0.25) is 0 Å². The number of amides is 1. The van der Waals surface area contributed by atoms with E-state index in [1.165, 1.54) is 13.2 Å². The minimum atomic E-state index is -1.12. The average Bonchev–Trinajstić information content (AvgIpc) is 3.00. The van der Waals surface area contributed by atoms with Gasteiger partial charge in [-0.15, -0.1) is 0 Å². The molecule has 3 rings (SSSR count). The Morgan fingerprint density at radius 2 is 1.88 bits per heavy atom. The highest BCUT2D eigenvalue weighted by Gasteiger charge is 2.31. The van der Waals surface area contributed by atoms with Gasteiger partial charge in [-0.05, 0) is 34.2 Å². The van der Waals surface area contributed by atoms with Gasteiger partial charge in [0.25, 0.3) is 0 Å². The summed E-state index contributed by atoms with van der Waals surface area (Å²) in [5, 5.41) is 4.62. The molecule has 2 aromatic carbocycles. The SMILES string of the molecule is COc1ccc(-[n+]2[nH]oc(=O)c2C(=O)Nc2ccc(F)c(F)c2)cc1. The fourth-order valence-corrected chi connectivity index (χ4v) is 2.14. The second-order valence-electron chi connectivity index (χ2n) is 4.95. The van der Waals surface area contributed by atoms with Crippen LogP contribution in [0.25, 0.3) is 5.69 Å². The number of ether oxygens (including phenoxy) is 1. The van der Waals surface area contributed by atoms with E-state index in [2.05, 4.69) is 15.1 Å². The third kappa shape index (κ3) is 3.25. The zero-order chi connectivity index (χ0) is 18.0. The van der Waals surface area contributed by atoms with Gasteiger partial charge in [-0.2, -0.15) is 0 Å². The van der Waals surface area contributed by atoms with Crippen molar-refractivity contribution >= 4 is 11.6 Å². The summed E-state index contributed by atoms with van der Waals surface area (Å²) in [6.45, 7) is 0. The van der Waals surface area contributed by atoms with Crippen LogP contribution in [0.4, 0.5) is 14.5 Å². The Balaban J connectivity index is 1.93. The first-order valence-corrected chi connectivity index (χ1v) is 7.04. The molecule has 0 saturated heterocycles. The van der Waals surface area contributed by atoms with Crippen LogP contribution < -0.4 is 20.4 Å². The third-order valence-electron chi connectivity index (χ3n) is 3.37. The number of nitrogens with zero attached hydrogens (tertiary/aromatic N) is 1. The lowest BCUT2D eigenvalue weighted by atomic mass is 10.2. The van der Waals surface area contributed by atoms with Crippen LogP contribution in [0.3, 0.4) is 0 Å². The molecule has 1 amide bonds. The van der Waals surface area contributed by atoms with Crippen LogP contribution in [0.5, 0.6) is 5.75 Å². The second-order valence-corrected chi connectivity index (χ2v) is 4.95. The lowest BCUT2D eigenvalue weighted by molar-refractivity contribution is -0.672. The van der Waals surface area contributed by atoms with Crippen molar-refractivity contribution in [3.05, 3.63) is 70.2 Å². The Bertz CT molecular complexity index is 980. The lowest BCUT2D eigenvalue weighted by Crippen LogP contribution is -2.42. The van der Waals surface area contributed by atoms with E-state index in [1.54, 1.807) is 24.3 Å². The van der Waals surface area contributed by atoms with Crippen LogP contribution >= 0.6 is 0 Å². The highest BCUT2D eigenvalue weighted by molar-refractivity contribution is 6.01. The van der Waals surface area contributed by atoms with Gasteiger partial charge in [-0.1, -0.05) is 0 Å². The molecule has 0 atom stereocenters. The van der Waals surface area contributed by atoms with Crippen molar-refractivity contribution in [3.63, 3.8) is 0 Å². The normalized spacial score (nSPS) is 10.5. The molecule has 1 heterocycles. The van der Waals surface area contributed by atoms with E-state index in [-0.39, 0.29) is 11.4 Å². The molecule has 0 bridgehead atoms. The monoisotopic (exact) mass is 348 g/mol. The largest absolute Gasteiger partial charge is 0.497 e. The summed E-state index contributed by atoms with van der Waals surface area (Å²) >= 11 is 0. The maximum atomic E-state index is 13.2. The van der Waals surface area contributed by atoms with E-state index in [1.807, 2.05) is 0 Å². The molecule has 0 unspecified atom stereocenters. The molecule has 9 heteroatoms. The summed E-state index contributed by atoms with van der Waals surface area (Å²) in [5.41, 5.74) is -0.862. The molecular formula is C16H12F2N3O4+. The smallest absolute Gasteiger partial charge is 0.441 e. The van der Waals surface area contributed by atoms with Crippen molar-refractivity contribution in [1.29, 1.82) is 0 Å². The fourth-order valence-electron chi connectivity index (χ4n) is 2.14. The molecule has 3 aromatic rings. The molecule has 2 N–H and O–H groups in total. The highest BCUT2D eigenvalue weighted by atomic mass is 19.2. The standard InChI is InChI=1S/C16H11F2N3O4/c1-24-11-5-3-10(4-6-11)21-14(16(23)25-20-21)15(22)19-9-2-7-12(17)13(18)8-9/h2-8H,1H3,(H-,19,20,22,23)/p+1. The van der Waals surface area contributed by atoms with Crippen molar-refractivity contribution in [3.8, 4) is 11.4 Å². The predicted molar refractivity (Wildman–Crippen MR) is 81.7 cm³/mol. The molecule has 0 saturated carbocycles. The predicted octanol–water partition coefficient (Wildman–Crippen LogP) is 1.78. The Kier molecular flexibility index (Phi) is 4.29. The Labute approximate surface area is 139 Å². The summed E-state index contributed by atoms with van der Waals surface area (Å²) in [4.78, 5) is 24.2. The van der Waals surface area contributed by atoms with Gasteiger partial charge in [-0.3, -0.25) is 9.32 Å². The number of benzene rings is 2. The van der Waals surface area contributed by atoms with Gasteiger partial charge in [0, 0.05) is 23.9 Å². The van der Waals surface area contributed by atoms with Crippen LogP contribution in [-0.4, -0.2) is 18.3 Å². The summed E-state index contributed by atoms with van der Waals surface area (Å²) in [7, 11) is 1.50. The number of aromatic nitrogens is 2. The van der Waals surface area contributed by atoms with Gasteiger partial charge in [0.05, 0.1) is 7.11 Å². The fraction of sp³-hybridized carbons (Fsp3) is 0.0625. The number of aromatic amines is 1. The number of methoxy groups -OCH3 is 1. The van der Waals surface area contributed by atoms with E-state index in [0.717, 1.165) is 16.8 Å². The van der Waals surface area contributed by atoms with E-state index >= 15 is 0 Å². The zero-order valence-electron chi connectivity index (χ0n) is 12.9. The maximum Gasteiger partial charge on any atom is 0.441 e. The van der Waals surface area contributed by atoms with Crippen LogP contribution in [0.1, 0.15) is 10.5 Å². The number of anilines is 1. The molecule has 128 valence electrons. The zero-order valence-corrected chi connectivity index (χ0v) is 12.9. The number of halogens is 2. The summed E-state index contributed by atoms with van der Waals surface area (Å²) in [6, 6.07) is 9.29. The first-order valence-electron chi connectivity index (χ1n) is 7.04. The molecule has 0 aliphatic carbocycles. The number of H-pyrrole nitrogens is 1. The van der Waals surface area contributed by atoms with Gasteiger partial charge in [0.15, 0.2) is 11.6 Å². The molecule has 7 nitrogen and oxygen atoms in total. The number of hydrogen-bond acceptors (Lipinski definition) is 4. The van der Waals surface area contributed by atoms with Crippen LogP contribution in [0.15, 0.2) is 51.8 Å². The number of rotatable bonds is 4. The topological polar surface area (TPSA) is 88.2 Å². The Hall–Kier alpha value is -3.49. The highest BCUT2D eigenvalue weighted by Crippen LogP contribution is 2.14. The van der Waals surface area contributed by atoms with Crippen molar-refractivity contribution in [2.45, 2.75) is 0 Å². The quantitative estimate of drug-likeness (QED) is 0.704.